The number of anilines is 1. The van der Waals surface area contributed by atoms with Gasteiger partial charge in [-0.3, -0.25) is 9.59 Å². The molecule has 1 aromatic carbocycles. The van der Waals surface area contributed by atoms with E-state index in [2.05, 4.69) is 37.8 Å². The van der Waals surface area contributed by atoms with Crippen LogP contribution >= 0.6 is 11.3 Å². The third-order valence-electron chi connectivity index (χ3n) is 7.84. The largest absolute Gasteiger partial charge is 0.392 e. The number of benzene rings is 1. The number of aliphatic imine (C=N–C) groups is 1. The molecule has 0 spiro atoms. The number of aliphatic hydroxyl groups excluding tert-OH is 1. The number of fused-ring (bicyclic) bond motifs is 2. The number of carbonyl (C=O) groups excluding carboxylic acids is 1. The predicted octanol–water partition coefficient (Wildman–Crippen LogP) is 2.83. The number of hydrogen-bond acceptors (Lipinski definition) is 8. The normalized spacial score (nSPS) is 20.3. The number of likely N-dealkylation sites (N-methyl/N-ethyl adjacent to an activating group) is 1. The van der Waals surface area contributed by atoms with Crippen LogP contribution in [0.2, 0.25) is 0 Å². The second-order valence-electron chi connectivity index (χ2n) is 10.7. The zero-order valence-corrected chi connectivity index (χ0v) is 23.4. The van der Waals surface area contributed by atoms with E-state index in [1.165, 1.54) is 45.6 Å². The third-order valence-corrected chi connectivity index (χ3v) is 9.08. The smallest absolute Gasteiger partial charge is 0.292 e. The molecular weight excluding hydrogens is 533 g/mol. The van der Waals surface area contributed by atoms with E-state index in [0.717, 1.165) is 45.3 Å². The predicted molar refractivity (Wildman–Crippen MR) is 153 cm³/mol. The van der Waals surface area contributed by atoms with Crippen LogP contribution in [0, 0.1) is 5.82 Å². The van der Waals surface area contributed by atoms with Gasteiger partial charge in [0.15, 0.2) is 0 Å². The van der Waals surface area contributed by atoms with Gasteiger partial charge in [-0.05, 0) is 62.6 Å². The number of amidine groups is 1. The number of piperazine rings is 1. The third kappa shape index (κ3) is 5.07. The van der Waals surface area contributed by atoms with Crippen LogP contribution in [0.5, 0.6) is 0 Å². The Morgan fingerprint density at radius 2 is 2.08 bits per heavy atom. The zero-order valence-electron chi connectivity index (χ0n) is 22.5. The Kier molecular flexibility index (Phi) is 7.26. The Labute approximate surface area is 235 Å². The zero-order chi connectivity index (χ0) is 28.0. The van der Waals surface area contributed by atoms with Gasteiger partial charge in [-0.1, -0.05) is 0 Å². The number of aromatic nitrogens is 2. The van der Waals surface area contributed by atoms with Crippen molar-refractivity contribution in [3.8, 4) is 11.3 Å². The average Bonchev–Trinajstić information content (AvgIpc) is 3.55. The van der Waals surface area contributed by atoms with Crippen molar-refractivity contribution in [1.82, 2.24) is 25.1 Å². The highest BCUT2D eigenvalue weighted by Crippen LogP contribution is 2.34. The lowest BCUT2D eigenvalue weighted by atomic mass is 9.99. The number of rotatable bonds is 5. The minimum absolute atomic E-state index is 0.0988. The van der Waals surface area contributed by atoms with Crippen molar-refractivity contribution >= 4 is 34.5 Å². The SMILES string of the molecule is CN1CCN2NC(=Nc3cc(-c4ccc(F)c(NC(=O)c5cc6c(s5)CCCC6)c4CO)nn(C)c3=O)CC2C1. The van der Waals surface area contributed by atoms with Gasteiger partial charge in [0.05, 0.1) is 22.9 Å². The summed E-state index contributed by atoms with van der Waals surface area (Å²) < 4.78 is 16.3. The molecular formula is C28H32FN7O3S. The van der Waals surface area contributed by atoms with Gasteiger partial charge in [0.2, 0.25) is 0 Å². The Balaban J connectivity index is 1.32. The van der Waals surface area contributed by atoms with Crippen LogP contribution in [-0.4, -0.2) is 69.3 Å². The number of nitrogens with one attached hydrogen (secondary N) is 2. The lowest BCUT2D eigenvalue weighted by molar-refractivity contribution is 0.0922. The molecule has 3 aromatic rings. The van der Waals surface area contributed by atoms with Crippen molar-refractivity contribution in [2.75, 3.05) is 32.0 Å². The van der Waals surface area contributed by atoms with Crippen molar-refractivity contribution in [3.05, 3.63) is 61.3 Å². The van der Waals surface area contributed by atoms with Gasteiger partial charge in [-0.15, -0.1) is 11.3 Å². The van der Waals surface area contributed by atoms with E-state index in [0.29, 0.717) is 28.4 Å². The molecule has 1 atom stereocenters. The summed E-state index contributed by atoms with van der Waals surface area (Å²) in [5, 5.41) is 19.5. The fourth-order valence-corrected chi connectivity index (χ4v) is 6.87. The van der Waals surface area contributed by atoms with Crippen LogP contribution in [0.15, 0.2) is 34.1 Å². The molecule has 3 N–H and O–H groups in total. The van der Waals surface area contributed by atoms with Crippen molar-refractivity contribution in [3.63, 3.8) is 0 Å². The van der Waals surface area contributed by atoms with Crippen LogP contribution < -0.4 is 16.3 Å². The average molecular weight is 566 g/mol. The molecule has 10 nitrogen and oxygen atoms in total. The summed E-state index contributed by atoms with van der Waals surface area (Å²) >= 11 is 1.44. The highest BCUT2D eigenvalue weighted by Gasteiger charge is 2.33. The maximum Gasteiger partial charge on any atom is 0.292 e. The second-order valence-corrected chi connectivity index (χ2v) is 11.8. The molecule has 1 unspecified atom stereocenters. The van der Waals surface area contributed by atoms with E-state index in [1.54, 1.807) is 6.07 Å². The van der Waals surface area contributed by atoms with Crippen molar-refractivity contribution in [2.45, 2.75) is 44.8 Å². The Bertz CT molecular complexity index is 1540. The fourth-order valence-electron chi connectivity index (χ4n) is 5.72. The van der Waals surface area contributed by atoms with Crippen molar-refractivity contribution in [1.29, 1.82) is 0 Å². The molecule has 3 aliphatic rings. The number of amides is 1. The first-order valence-corrected chi connectivity index (χ1v) is 14.4. The maximum absolute atomic E-state index is 15.1. The minimum atomic E-state index is -0.662. The molecule has 2 saturated heterocycles. The standard InChI is InChI=1S/C28H32FN7O3S/c1-34-9-10-36-17(14-34)12-25(33-36)30-22-13-21(32-35(2)28(22)39)18-7-8-20(29)26(19(18)15-37)31-27(38)24-11-16-5-3-4-6-23(16)40-24/h7-8,11,13,17,37H,3-6,9-10,12,14-15H2,1-2H3,(H,30,33)(H,31,38). The van der Waals surface area contributed by atoms with Crippen LogP contribution in [0.1, 0.15) is 44.9 Å². The van der Waals surface area contributed by atoms with E-state index in [-0.39, 0.29) is 28.5 Å². The van der Waals surface area contributed by atoms with Gasteiger partial charge < -0.3 is 20.7 Å². The van der Waals surface area contributed by atoms with Crippen LogP contribution in [0.4, 0.5) is 15.8 Å². The summed E-state index contributed by atoms with van der Waals surface area (Å²) in [5.41, 5.74) is 5.13. The van der Waals surface area contributed by atoms with E-state index in [4.69, 9.17) is 0 Å². The molecule has 2 fully saturated rings. The number of hydrogen-bond donors (Lipinski definition) is 3. The number of thiophene rings is 1. The van der Waals surface area contributed by atoms with E-state index in [1.807, 2.05) is 6.07 Å². The fraction of sp³-hybridized carbons (Fsp3) is 0.429. The van der Waals surface area contributed by atoms with Crippen molar-refractivity contribution < 1.29 is 14.3 Å². The van der Waals surface area contributed by atoms with Gasteiger partial charge in [-0.2, -0.15) is 5.10 Å². The number of carbonyl (C=O) groups is 1. The molecule has 2 aromatic heterocycles. The molecule has 210 valence electrons. The van der Waals surface area contributed by atoms with Gasteiger partial charge in [0.25, 0.3) is 11.5 Å². The molecule has 4 heterocycles. The molecule has 0 radical (unpaired) electrons. The van der Waals surface area contributed by atoms with Gasteiger partial charge in [-0.25, -0.2) is 19.1 Å². The van der Waals surface area contributed by atoms with Crippen LogP contribution in [0.25, 0.3) is 11.3 Å². The van der Waals surface area contributed by atoms with Crippen LogP contribution in [0.3, 0.4) is 0 Å². The Hall–Kier alpha value is -3.45. The van der Waals surface area contributed by atoms with E-state index >= 15 is 4.39 Å². The summed E-state index contributed by atoms with van der Waals surface area (Å²) in [5.74, 6) is -0.382. The van der Waals surface area contributed by atoms with Gasteiger partial charge in [0, 0.05) is 55.1 Å². The number of aliphatic hydroxyl groups is 1. The molecule has 1 amide bonds. The molecule has 12 heteroatoms. The minimum Gasteiger partial charge on any atom is -0.392 e. The summed E-state index contributed by atoms with van der Waals surface area (Å²) in [6, 6.07) is 6.44. The topological polar surface area (TPSA) is 115 Å². The lowest BCUT2D eigenvalue weighted by Gasteiger charge is -2.34. The first-order valence-electron chi connectivity index (χ1n) is 13.5. The van der Waals surface area contributed by atoms with Gasteiger partial charge in [0.1, 0.15) is 17.3 Å². The number of aryl methyl sites for hydroxylation is 3. The summed E-state index contributed by atoms with van der Waals surface area (Å²) in [6.45, 7) is 2.17. The molecule has 40 heavy (non-hydrogen) atoms. The molecule has 2 aliphatic heterocycles. The van der Waals surface area contributed by atoms with E-state index in [9.17, 15) is 14.7 Å². The highest BCUT2D eigenvalue weighted by molar-refractivity contribution is 7.14. The quantitative estimate of drug-likeness (QED) is 0.436. The Morgan fingerprint density at radius 1 is 1.25 bits per heavy atom. The molecule has 1 aliphatic carbocycles. The highest BCUT2D eigenvalue weighted by atomic mass is 32.1. The van der Waals surface area contributed by atoms with Gasteiger partial charge >= 0.3 is 0 Å². The maximum atomic E-state index is 15.1. The summed E-state index contributed by atoms with van der Waals surface area (Å²) in [7, 11) is 3.61. The van der Waals surface area contributed by atoms with Crippen molar-refractivity contribution in [2.24, 2.45) is 12.0 Å². The second kappa shape index (κ2) is 10.8. The number of hydrazine groups is 1. The molecule has 6 rings (SSSR count). The monoisotopic (exact) mass is 565 g/mol. The lowest BCUT2D eigenvalue weighted by Crippen LogP contribution is -2.51. The molecule has 0 saturated carbocycles. The number of halogens is 1. The van der Waals surface area contributed by atoms with E-state index < -0.39 is 18.3 Å². The summed E-state index contributed by atoms with van der Waals surface area (Å²) in [4.78, 5) is 34.7. The van der Waals surface area contributed by atoms with Crippen LogP contribution in [-0.2, 0) is 26.5 Å². The first kappa shape index (κ1) is 26.8. The Morgan fingerprint density at radius 3 is 2.88 bits per heavy atom. The first-order chi connectivity index (χ1) is 19.3. The molecule has 0 bridgehead atoms. The summed E-state index contributed by atoms with van der Waals surface area (Å²) in [6.07, 6.45) is 4.79. The number of nitrogens with zero attached hydrogens (tertiary/aromatic N) is 5.